The summed E-state index contributed by atoms with van der Waals surface area (Å²) in [5.74, 6) is 0.821. The molecule has 1 aliphatic rings. The Morgan fingerprint density at radius 1 is 1.00 bits per heavy atom. The molecule has 32 heavy (non-hydrogen) atoms. The number of nitriles is 1. The molecule has 0 atom stereocenters. The van der Waals surface area contributed by atoms with Crippen molar-refractivity contribution in [3.05, 3.63) is 77.9 Å². The fraction of sp³-hybridized carbons (Fsp3) is 0.231. The highest BCUT2D eigenvalue weighted by Gasteiger charge is 2.20. The van der Waals surface area contributed by atoms with Gasteiger partial charge < -0.3 is 19.9 Å². The molecule has 1 amide bonds. The maximum atomic E-state index is 12.7. The first-order valence-electron chi connectivity index (χ1n) is 10.6. The number of rotatable bonds is 5. The number of para-hydroxylation sites is 1. The van der Waals surface area contributed by atoms with E-state index in [4.69, 9.17) is 4.74 Å². The maximum absolute atomic E-state index is 12.7. The highest BCUT2D eigenvalue weighted by atomic mass is 16.5. The van der Waals surface area contributed by atoms with Crippen LogP contribution in [0.5, 0.6) is 5.75 Å². The number of carbonyl (C=O) groups is 1. The minimum Gasteiger partial charge on any atom is -0.496 e. The molecule has 3 aromatic carbocycles. The van der Waals surface area contributed by atoms with Gasteiger partial charge in [0.05, 0.1) is 18.4 Å². The van der Waals surface area contributed by atoms with Crippen LogP contribution in [0.4, 0.5) is 11.4 Å². The third-order valence-corrected chi connectivity index (χ3v) is 5.76. The lowest BCUT2D eigenvalue weighted by molar-refractivity contribution is 0.0664. The largest absolute Gasteiger partial charge is 0.496 e. The molecule has 0 aliphatic carbocycles. The van der Waals surface area contributed by atoms with Gasteiger partial charge in [0.25, 0.3) is 5.91 Å². The molecule has 0 spiro atoms. The van der Waals surface area contributed by atoms with Crippen LogP contribution in [0, 0.1) is 11.3 Å². The lowest BCUT2D eigenvalue weighted by Crippen LogP contribution is -2.47. The van der Waals surface area contributed by atoms with Crippen LogP contribution in [-0.4, -0.2) is 56.0 Å². The van der Waals surface area contributed by atoms with E-state index in [0.717, 1.165) is 48.7 Å². The summed E-state index contributed by atoms with van der Waals surface area (Å²) in [5.41, 5.74) is 4.59. The zero-order valence-electron chi connectivity index (χ0n) is 18.3. The Labute approximate surface area is 188 Å². The van der Waals surface area contributed by atoms with Crippen molar-refractivity contribution in [2.75, 3.05) is 45.7 Å². The molecule has 6 heteroatoms. The highest BCUT2D eigenvalue weighted by molar-refractivity contribution is 5.94. The number of likely N-dealkylation sites (N-methyl/N-ethyl adjacent to an activating group) is 1. The number of piperazine rings is 1. The van der Waals surface area contributed by atoms with Gasteiger partial charge in [-0.3, -0.25) is 4.79 Å². The zero-order valence-corrected chi connectivity index (χ0v) is 18.3. The van der Waals surface area contributed by atoms with Crippen LogP contribution < -0.4 is 10.1 Å². The number of nitrogens with one attached hydrogen (secondary N) is 1. The third kappa shape index (κ3) is 4.58. The number of ether oxygens (including phenoxy) is 1. The summed E-state index contributed by atoms with van der Waals surface area (Å²) >= 11 is 0. The summed E-state index contributed by atoms with van der Waals surface area (Å²) in [6, 6.07) is 23.1. The zero-order chi connectivity index (χ0) is 22.5. The van der Waals surface area contributed by atoms with E-state index in [1.807, 2.05) is 71.6 Å². The molecule has 1 aliphatic heterocycles. The van der Waals surface area contributed by atoms with Crippen molar-refractivity contribution in [1.29, 1.82) is 5.26 Å². The lowest BCUT2D eigenvalue weighted by atomic mass is 10.0. The second kappa shape index (κ2) is 9.54. The molecule has 0 unspecified atom stereocenters. The number of benzene rings is 3. The third-order valence-electron chi connectivity index (χ3n) is 5.76. The van der Waals surface area contributed by atoms with E-state index in [2.05, 4.69) is 23.3 Å². The molecular weight excluding hydrogens is 400 g/mol. The molecule has 1 saturated heterocycles. The molecule has 3 aromatic rings. The van der Waals surface area contributed by atoms with Gasteiger partial charge in [-0.25, -0.2) is 0 Å². The number of hydrogen-bond acceptors (Lipinski definition) is 5. The number of anilines is 2. The molecule has 0 radical (unpaired) electrons. The summed E-state index contributed by atoms with van der Waals surface area (Å²) < 4.78 is 5.45. The van der Waals surface area contributed by atoms with E-state index in [0.29, 0.717) is 16.8 Å². The van der Waals surface area contributed by atoms with E-state index in [9.17, 15) is 10.1 Å². The van der Waals surface area contributed by atoms with Crippen LogP contribution in [-0.2, 0) is 0 Å². The van der Waals surface area contributed by atoms with Gasteiger partial charge in [-0.05, 0) is 55.1 Å². The number of carbonyl (C=O) groups excluding carboxylic acids is 1. The molecule has 6 nitrogen and oxygen atoms in total. The molecule has 4 rings (SSSR count). The predicted octanol–water partition coefficient (Wildman–Crippen LogP) is 4.37. The van der Waals surface area contributed by atoms with Crippen molar-refractivity contribution in [1.82, 2.24) is 9.80 Å². The van der Waals surface area contributed by atoms with Gasteiger partial charge >= 0.3 is 0 Å². The Bertz CT molecular complexity index is 1140. The standard InChI is InChI=1S/C26H26N4O2/c1-29-13-15-30(16-14-29)26(31)19-7-10-22(11-8-19)28-24-12-9-20(17-21(24)18-27)23-5-3-4-6-25(23)32-2/h3-12,17,28H,13-16H2,1-2H3. The van der Waals surface area contributed by atoms with Crippen LogP contribution in [0.15, 0.2) is 66.7 Å². The van der Waals surface area contributed by atoms with Crippen molar-refractivity contribution in [2.24, 2.45) is 0 Å². The van der Waals surface area contributed by atoms with Crippen LogP contribution >= 0.6 is 0 Å². The van der Waals surface area contributed by atoms with Gasteiger partial charge in [0.1, 0.15) is 11.8 Å². The first-order chi connectivity index (χ1) is 15.6. The lowest BCUT2D eigenvalue weighted by Gasteiger charge is -2.32. The fourth-order valence-electron chi connectivity index (χ4n) is 3.84. The van der Waals surface area contributed by atoms with E-state index >= 15 is 0 Å². The smallest absolute Gasteiger partial charge is 0.253 e. The van der Waals surface area contributed by atoms with Crippen molar-refractivity contribution in [3.63, 3.8) is 0 Å². The van der Waals surface area contributed by atoms with Gasteiger partial charge in [0.15, 0.2) is 0 Å². The van der Waals surface area contributed by atoms with E-state index in [1.54, 1.807) is 7.11 Å². The summed E-state index contributed by atoms with van der Waals surface area (Å²) in [4.78, 5) is 16.9. The van der Waals surface area contributed by atoms with Gasteiger partial charge in [-0.1, -0.05) is 24.3 Å². The van der Waals surface area contributed by atoms with Gasteiger partial charge in [-0.2, -0.15) is 5.26 Å². The van der Waals surface area contributed by atoms with Gasteiger partial charge in [0.2, 0.25) is 0 Å². The topological polar surface area (TPSA) is 68.6 Å². The van der Waals surface area contributed by atoms with Gasteiger partial charge in [0, 0.05) is 43.0 Å². The quantitative estimate of drug-likeness (QED) is 0.656. The predicted molar refractivity (Wildman–Crippen MR) is 126 cm³/mol. The van der Waals surface area contributed by atoms with E-state index in [1.165, 1.54) is 0 Å². The first kappa shape index (κ1) is 21.4. The minimum absolute atomic E-state index is 0.0588. The molecule has 0 saturated carbocycles. The Kier molecular flexibility index (Phi) is 6.39. The summed E-state index contributed by atoms with van der Waals surface area (Å²) in [7, 11) is 3.71. The fourth-order valence-corrected chi connectivity index (χ4v) is 3.84. The maximum Gasteiger partial charge on any atom is 0.253 e. The minimum atomic E-state index is 0.0588. The summed E-state index contributed by atoms with van der Waals surface area (Å²) in [5, 5.41) is 13.0. The van der Waals surface area contributed by atoms with Crippen LogP contribution in [0.2, 0.25) is 0 Å². The molecule has 1 N–H and O–H groups in total. The van der Waals surface area contributed by atoms with Crippen LogP contribution in [0.25, 0.3) is 11.1 Å². The Morgan fingerprint density at radius 2 is 1.72 bits per heavy atom. The van der Waals surface area contributed by atoms with Crippen LogP contribution in [0.3, 0.4) is 0 Å². The van der Waals surface area contributed by atoms with Crippen LogP contribution in [0.1, 0.15) is 15.9 Å². The molecule has 1 fully saturated rings. The van der Waals surface area contributed by atoms with Crippen molar-refractivity contribution < 1.29 is 9.53 Å². The monoisotopic (exact) mass is 426 g/mol. The number of methoxy groups -OCH3 is 1. The van der Waals surface area contributed by atoms with E-state index in [-0.39, 0.29) is 5.91 Å². The Balaban J connectivity index is 1.50. The first-order valence-corrected chi connectivity index (χ1v) is 10.6. The molecule has 162 valence electrons. The molecule has 0 bridgehead atoms. The number of amides is 1. The Hall–Kier alpha value is -3.82. The SMILES string of the molecule is COc1ccccc1-c1ccc(Nc2ccc(C(=O)N3CCN(C)CC3)cc2)c(C#N)c1. The average molecular weight is 427 g/mol. The molecule has 1 heterocycles. The second-order valence-corrected chi connectivity index (χ2v) is 7.87. The number of hydrogen-bond donors (Lipinski definition) is 1. The highest BCUT2D eigenvalue weighted by Crippen LogP contribution is 2.32. The van der Waals surface area contributed by atoms with Crippen molar-refractivity contribution >= 4 is 17.3 Å². The molecule has 0 aromatic heterocycles. The van der Waals surface area contributed by atoms with Gasteiger partial charge in [-0.15, -0.1) is 0 Å². The number of nitrogens with zero attached hydrogens (tertiary/aromatic N) is 3. The second-order valence-electron chi connectivity index (χ2n) is 7.87. The van der Waals surface area contributed by atoms with E-state index < -0.39 is 0 Å². The summed E-state index contributed by atoms with van der Waals surface area (Å²) in [6.07, 6.45) is 0. The summed E-state index contributed by atoms with van der Waals surface area (Å²) in [6.45, 7) is 3.29. The Morgan fingerprint density at radius 3 is 2.41 bits per heavy atom. The average Bonchev–Trinajstić information content (AvgIpc) is 2.85. The van der Waals surface area contributed by atoms with Crippen molar-refractivity contribution in [3.8, 4) is 22.9 Å². The normalized spacial score (nSPS) is 14.0. The van der Waals surface area contributed by atoms with Crippen molar-refractivity contribution in [2.45, 2.75) is 0 Å². The molecular formula is C26H26N4O2.